The molecule has 1 aliphatic rings. The average molecular weight is 398 g/mol. The zero-order valence-electron chi connectivity index (χ0n) is 17.0. The minimum absolute atomic E-state index is 0.251. The van der Waals surface area contributed by atoms with Gasteiger partial charge in [-0.1, -0.05) is 38.4 Å². The van der Waals surface area contributed by atoms with Gasteiger partial charge in [-0.05, 0) is 24.2 Å². The highest BCUT2D eigenvalue weighted by atomic mass is 35.5. The molecule has 0 aliphatic carbocycles. The second-order valence-corrected chi connectivity index (χ2v) is 8.04. The summed E-state index contributed by atoms with van der Waals surface area (Å²) < 4.78 is 13.3. The number of piperazine rings is 1. The van der Waals surface area contributed by atoms with E-state index in [0.29, 0.717) is 11.6 Å². The van der Waals surface area contributed by atoms with E-state index in [1.807, 2.05) is 0 Å². The summed E-state index contributed by atoms with van der Waals surface area (Å²) in [4.78, 5) is 9.26. The molecular weight excluding hydrogens is 365 g/mol. The molecule has 27 heavy (non-hydrogen) atoms. The van der Waals surface area contributed by atoms with Crippen molar-refractivity contribution in [2.24, 2.45) is 4.99 Å². The Hall–Kier alpha value is -1.37. The Balaban J connectivity index is 1.78. The van der Waals surface area contributed by atoms with Crippen LogP contribution in [-0.4, -0.2) is 75.2 Å². The van der Waals surface area contributed by atoms with Gasteiger partial charge in [0, 0.05) is 63.3 Å². The zero-order valence-corrected chi connectivity index (χ0v) is 17.7. The minimum Gasteiger partial charge on any atom is -0.356 e. The number of nitrogens with zero attached hydrogens (tertiary/aromatic N) is 3. The zero-order chi connectivity index (χ0) is 19.9. The fourth-order valence-corrected chi connectivity index (χ4v) is 3.74. The summed E-state index contributed by atoms with van der Waals surface area (Å²) in [5.74, 6) is 0.457. The predicted molar refractivity (Wildman–Crippen MR) is 112 cm³/mol. The van der Waals surface area contributed by atoms with E-state index in [-0.39, 0.29) is 11.2 Å². The van der Waals surface area contributed by atoms with Gasteiger partial charge < -0.3 is 15.5 Å². The van der Waals surface area contributed by atoms with Crippen molar-refractivity contribution in [1.82, 2.24) is 20.4 Å². The van der Waals surface area contributed by atoms with Gasteiger partial charge in [0.1, 0.15) is 5.82 Å². The number of likely N-dealkylation sites (N-methyl/N-ethyl adjacent to an activating group) is 1. The fraction of sp³-hybridized carbons (Fsp3) is 0.650. The summed E-state index contributed by atoms with van der Waals surface area (Å²) in [5.41, 5.74) is 0.668. The Morgan fingerprint density at radius 3 is 2.44 bits per heavy atom. The summed E-state index contributed by atoms with van der Waals surface area (Å²) in [5, 5.41) is 7.20. The summed E-state index contributed by atoms with van der Waals surface area (Å²) in [6, 6.07) is 4.57. The van der Waals surface area contributed by atoms with Crippen molar-refractivity contribution in [3.05, 3.63) is 34.6 Å². The number of benzene rings is 1. The molecule has 1 aliphatic heterocycles. The van der Waals surface area contributed by atoms with Crippen molar-refractivity contribution >= 4 is 17.6 Å². The molecule has 2 rings (SSSR count). The first-order valence-corrected chi connectivity index (χ1v) is 10.1. The summed E-state index contributed by atoms with van der Waals surface area (Å²) >= 11 is 6.23. The van der Waals surface area contributed by atoms with Crippen molar-refractivity contribution in [2.45, 2.75) is 26.2 Å². The monoisotopic (exact) mass is 397 g/mol. The molecule has 0 amide bonds. The van der Waals surface area contributed by atoms with Gasteiger partial charge in [0.05, 0.1) is 0 Å². The molecule has 1 aromatic carbocycles. The second kappa shape index (κ2) is 10.2. The first-order chi connectivity index (χ1) is 12.9. The van der Waals surface area contributed by atoms with E-state index in [2.05, 4.69) is 46.2 Å². The third kappa shape index (κ3) is 6.63. The van der Waals surface area contributed by atoms with Crippen LogP contribution in [-0.2, 0) is 5.41 Å². The van der Waals surface area contributed by atoms with Gasteiger partial charge in [0.25, 0.3) is 0 Å². The normalized spacial score (nSPS) is 17.2. The van der Waals surface area contributed by atoms with Gasteiger partial charge in [-0.2, -0.15) is 0 Å². The third-order valence-electron chi connectivity index (χ3n) is 5.21. The van der Waals surface area contributed by atoms with E-state index in [4.69, 9.17) is 11.6 Å². The van der Waals surface area contributed by atoms with E-state index >= 15 is 0 Å². The van der Waals surface area contributed by atoms with Crippen LogP contribution < -0.4 is 10.6 Å². The number of rotatable bonds is 7. The van der Waals surface area contributed by atoms with Crippen LogP contribution in [0.3, 0.4) is 0 Å². The van der Waals surface area contributed by atoms with Crippen molar-refractivity contribution in [3.63, 3.8) is 0 Å². The van der Waals surface area contributed by atoms with Crippen LogP contribution in [0, 0.1) is 5.82 Å². The molecule has 0 spiro atoms. The van der Waals surface area contributed by atoms with E-state index in [1.165, 1.54) is 12.1 Å². The third-order valence-corrected chi connectivity index (χ3v) is 5.53. The van der Waals surface area contributed by atoms with Crippen LogP contribution in [0.4, 0.5) is 4.39 Å². The highest BCUT2D eigenvalue weighted by molar-refractivity contribution is 6.31. The molecule has 7 heteroatoms. The molecule has 0 unspecified atom stereocenters. The molecule has 1 saturated heterocycles. The molecule has 0 bridgehead atoms. The maximum absolute atomic E-state index is 13.3. The molecule has 1 fully saturated rings. The summed E-state index contributed by atoms with van der Waals surface area (Å²) in [6.45, 7) is 14.6. The maximum atomic E-state index is 13.3. The van der Waals surface area contributed by atoms with E-state index in [9.17, 15) is 4.39 Å². The molecule has 2 N–H and O–H groups in total. The highest BCUT2D eigenvalue weighted by Gasteiger charge is 2.24. The molecule has 0 aromatic heterocycles. The molecule has 1 heterocycles. The van der Waals surface area contributed by atoms with E-state index in [1.54, 1.807) is 13.1 Å². The van der Waals surface area contributed by atoms with E-state index < -0.39 is 0 Å². The molecule has 5 nitrogen and oxygen atoms in total. The topological polar surface area (TPSA) is 42.9 Å². The standard InChI is InChI=1S/C20H33ClFN5/c1-5-26-10-12-27(13-11-26)9-8-24-19(23-4)25-15-20(2,3)17-7-6-16(22)14-18(17)21/h6-7,14H,5,8-13,15H2,1-4H3,(H2,23,24,25). The van der Waals surface area contributed by atoms with Gasteiger partial charge in [0.2, 0.25) is 0 Å². The lowest BCUT2D eigenvalue weighted by atomic mass is 9.84. The van der Waals surface area contributed by atoms with Gasteiger partial charge >= 0.3 is 0 Å². The number of nitrogens with one attached hydrogen (secondary N) is 2. The molecule has 152 valence electrons. The molecule has 0 atom stereocenters. The lowest BCUT2D eigenvalue weighted by Gasteiger charge is -2.34. The van der Waals surface area contributed by atoms with Crippen molar-refractivity contribution in [3.8, 4) is 0 Å². The lowest BCUT2D eigenvalue weighted by molar-refractivity contribution is 0.139. The van der Waals surface area contributed by atoms with Crippen molar-refractivity contribution < 1.29 is 4.39 Å². The van der Waals surface area contributed by atoms with Gasteiger partial charge in [-0.25, -0.2) is 4.39 Å². The molecule has 0 saturated carbocycles. The first kappa shape index (κ1) is 21.9. The average Bonchev–Trinajstić information content (AvgIpc) is 2.64. The summed E-state index contributed by atoms with van der Waals surface area (Å²) in [6.07, 6.45) is 0. The number of aliphatic imine (C=N–C) groups is 1. The highest BCUT2D eigenvalue weighted by Crippen LogP contribution is 2.29. The maximum Gasteiger partial charge on any atom is 0.191 e. The van der Waals surface area contributed by atoms with Crippen molar-refractivity contribution in [1.29, 1.82) is 0 Å². The first-order valence-electron chi connectivity index (χ1n) is 9.70. The minimum atomic E-state index is -0.315. The van der Waals surface area contributed by atoms with Crippen LogP contribution in [0.15, 0.2) is 23.2 Å². The van der Waals surface area contributed by atoms with Gasteiger partial charge in [0.15, 0.2) is 5.96 Å². The number of guanidine groups is 1. The predicted octanol–water partition coefficient (Wildman–Crippen LogP) is 2.56. The number of hydrogen-bond acceptors (Lipinski definition) is 3. The van der Waals surface area contributed by atoms with Crippen LogP contribution in [0.2, 0.25) is 5.02 Å². The number of hydrogen-bond donors (Lipinski definition) is 2. The lowest BCUT2D eigenvalue weighted by Crippen LogP contribution is -2.49. The Bertz CT molecular complexity index is 627. The second-order valence-electron chi connectivity index (χ2n) is 7.64. The number of halogens is 2. The Morgan fingerprint density at radius 1 is 1.19 bits per heavy atom. The van der Waals surface area contributed by atoms with Crippen LogP contribution in [0.1, 0.15) is 26.3 Å². The van der Waals surface area contributed by atoms with Crippen LogP contribution in [0.25, 0.3) is 0 Å². The van der Waals surface area contributed by atoms with Crippen LogP contribution in [0.5, 0.6) is 0 Å². The smallest absolute Gasteiger partial charge is 0.191 e. The Labute approximate surface area is 168 Å². The Kier molecular flexibility index (Phi) is 8.32. The van der Waals surface area contributed by atoms with Gasteiger partial charge in [-0.3, -0.25) is 9.89 Å². The molecule has 0 radical (unpaired) electrons. The van der Waals surface area contributed by atoms with Crippen molar-refractivity contribution in [2.75, 3.05) is 59.4 Å². The largest absolute Gasteiger partial charge is 0.356 e. The fourth-order valence-electron chi connectivity index (χ4n) is 3.32. The Morgan fingerprint density at radius 2 is 1.85 bits per heavy atom. The van der Waals surface area contributed by atoms with E-state index in [0.717, 1.165) is 57.3 Å². The van der Waals surface area contributed by atoms with Crippen LogP contribution >= 0.6 is 11.6 Å². The quantitative estimate of drug-likeness (QED) is 0.548. The SMILES string of the molecule is CCN1CCN(CCNC(=NC)NCC(C)(C)c2ccc(F)cc2Cl)CC1. The van der Waals surface area contributed by atoms with Gasteiger partial charge in [-0.15, -0.1) is 0 Å². The summed E-state index contributed by atoms with van der Waals surface area (Å²) in [7, 11) is 1.77. The molecular formula is C20H33ClFN5. The molecule has 1 aromatic rings.